The molecule has 1 unspecified atom stereocenters. The number of terminal acetylenes is 1. The lowest BCUT2D eigenvalue weighted by Gasteiger charge is -2.34. The third-order valence-corrected chi connectivity index (χ3v) is 6.83. The van der Waals surface area contributed by atoms with Gasteiger partial charge >= 0.3 is 0 Å². The Morgan fingerprint density at radius 3 is 2.76 bits per heavy atom. The molecule has 0 saturated heterocycles. The van der Waals surface area contributed by atoms with Crippen LogP contribution in [0.4, 0.5) is 0 Å². The molecule has 2 aromatic heterocycles. The number of pyridine rings is 2. The minimum absolute atomic E-state index is 0.174. The van der Waals surface area contributed by atoms with Crippen LogP contribution in [0, 0.1) is 12.3 Å². The smallest absolute Gasteiger partial charge is 0.249 e. The average molecular weight is 483 g/mol. The number of allylic oxidation sites excluding steroid dienone is 4. The van der Waals surface area contributed by atoms with Crippen molar-refractivity contribution in [1.82, 2.24) is 9.97 Å². The van der Waals surface area contributed by atoms with Gasteiger partial charge < -0.3 is 9.72 Å². The third kappa shape index (κ3) is 4.22. The number of fused-ring (bicyclic) bond motifs is 4. The Balaban J connectivity index is 1.96. The minimum Gasteiger partial charge on any atom is -0.489 e. The van der Waals surface area contributed by atoms with Crippen LogP contribution in [0.3, 0.4) is 0 Å². The van der Waals surface area contributed by atoms with Gasteiger partial charge in [-0.15, -0.1) is 13.0 Å². The van der Waals surface area contributed by atoms with Crippen molar-refractivity contribution in [1.29, 1.82) is 0 Å². The number of aromatic amines is 1. The Morgan fingerprint density at radius 2 is 2.03 bits per heavy atom. The van der Waals surface area contributed by atoms with Gasteiger partial charge in [0.1, 0.15) is 12.4 Å². The number of H-pyrrole nitrogens is 1. The summed E-state index contributed by atoms with van der Waals surface area (Å²) in [5, 5.41) is 0.896. The summed E-state index contributed by atoms with van der Waals surface area (Å²) in [5.41, 5.74) is 5.85. The van der Waals surface area contributed by atoms with Crippen molar-refractivity contribution in [3.05, 3.63) is 143 Å². The van der Waals surface area contributed by atoms with Gasteiger partial charge in [-0.3, -0.25) is 9.78 Å². The van der Waals surface area contributed by atoms with Gasteiger partial charge in [0.15, 0.2) is 0 Å². The van der Waals surface area contributed by atoms with Crippen LogP contribution >= 0.6 is 0 Å². The van der Waals surface area contributed by atoms with Gasteiger partial charge in [-0.2, -0.15) is 0 Å². The zero-order chi connectivity index (χ0) is 26.0. The van der Waals surface area contributed by atoms with Gasteiger partial charge in [0.05, 0.1) is 5.41 Å². The van der Waals surface area contributed by atoms with Crippen LogP contribution in [0.25, 0.3) is 22.0 Å². The largest absolute Gasteiger partial charge is 0.489 e. The molecule has 0 fully saturated rings. The molecular formula is C33H26N2O2. The van der Waals surface area contributed by atoms with Gasteiger partial charge in [-0.1, -0.05) is 48.4 Å². The highest BCUT2D eigenvalue weighted by atomic mass is 16.5. The molecule has 0 aliphatic carbocycles. The molecule has 4 aromatic rings. The predicted octanol–water partition coefficient (Wildman–Crippen LogP) is 6.52. The van der Waals surface area contributed by atoms with Crippen molar-refractivity contribution in [3.63, 3.8) is 0 Å². The average Bonchev–Trinajstić information content (AvgIpc) is 2.91. The van der Waals surface area contributed by atoms with Crippen LogP contribution in [-0.4, -0.2) is 16.6 Å². The Hall–Kier alpha value is -4.88. The zero-order valence-corrected chi connectivity index (χ0v) is 20.6. The maximum Gasteiger partial charge on any atom is 0.249 e. The Labute approximate surface area is 216 Å². The van der Waals surface area contributed by atoms with Crippen molar-refractivity contribution >= 4 is 10.9 Å². The maximum absolute atomic E-state index is 12.6. The molecule has 0 spiro atoms. The van der Waals surface area contributed by atoms with Gasteiger partial charge in [0, 0.05) is 29.4 Å². The van der Waals surface area contributed by atoms with Crippen molar-refractivity contribution in [2.45, 2.75) is 12.3 Å². The molecule has 180 valence electrons. The van der Waals surface area contributed by atoms with Crippen LogP contribution in [0.5, 0.6) is 5.75 Å². The number of nitrogens with one attached hydrogen (secondary N) is 1. The van der Waals surface area contributed by atoms with E-state index in [0.29, 0.717) is 12.4 Å². The number of rotatable bonds is 3. The van der Waals surface area contributed by atoms with Crippen LogP contribution in [0.1, 0.15) is 18.1 Å². The van der Waals surface area contributed by atoms with E-state index in [1.54, 1.807) is 18.3 Å². The van der Waals surface area contributed by atoms with Crippen LogP contribution < -0.4 is 10.3 Å². The molecule has 0 amide bonds. The SMILES string of the molecule is C#C/C=C1\C=C(/C(=C)C)COc2cccc(c2)-c2cc(=O)[nH]c3ccc(cc23)C1(C=C)c1cccnc1. The summed E-state index contributed by atoms with van der Waals surface area (Å²) in [5.74, 6) is 3.42. The first kappa shape index (κ1) is 23.8. The van der Waals surface area contributed by atoms with E-state index < -0.39 is 5.41 Å². The summed E-state index contributed by atoms with van der Waals surface area (Å²) in [6.45, 7) is 10.7. The van der Waals surface area contributed by atoms with Gasteiger partial charge in [-0.05, 0) is 82.8 Å². The number of ether oxygens (including phenoxy) is 1. The normalized spacial score (nSPS) is 19.5. The summed E-state index contributed by atoms with van der Waals surface area (Å²) in [7, 11) is 0. The van der Waals surface area contributed by atoms with E-state index in [1.165, 1.54) is 0 Å². The molecule has 5 rings (SSSR count). The zero-order valence-electron chi connectivity index (χ0n) is 20.6. The number of hydrogen-bond acceptors (Lipinski definition) is 3. The first-order chi connectivity index (χ1) is 18.0. The van der Waals surface area contributed by atoms with E-state index in [0.717, 1.165) is 49.9 Å². The first-order valence-corrected chi connectivity index (χ1v) is 11.9. The third-order valence-electron chi connectivity index (χ3n) is 6.83. The Bertz CT molecular complexity index is 1700. The molecule has 1 N–H and O–H groups in total. The van der Waals surface area contributed by atoms with E-state index >= 15 is 0 Å². The highest BCUT2D eigenvalue weighted by Gasteiger charge is 2.35. The molecule has 2 aromatic carbocycles. The summed E-state index contributed by atoms with van der Waals surface area (Å²) in [4.78, 5) is 20.0. The fourth-order valence-corrected chi connectivity index (χ4v) is 4.94. The molecular weight excluding hydrogens is 456 g/mol. The molecule has 1 aliphatic heterocycles. The molecule has 4 heteroatoms. The van der Waals surface area contributed by atoms with Crippen molar-refractivity contribution in [2.24, 2.45) is 0 Å². The molecule has 1 atom stereocenters. The molecule has 0 radical (unpaired) electrons. The summed E-state index contributed by atoms with van der Waals surface area (Å²) < 4.78 is 6.22. The maximum atomic E-state index is 12.6. The first-order valence-electron chi connectivity index (χ1n) is 11.9. The van der Waals surface area contributed by atoms with Crippen LogP contribution in [-0.2, 0) is 5.41 Å². The lowest BCUT2D eigenvalue weighted by Crippen LogP contribution is -2.28. The molecule has 4 bridgehead atoms. The van der Waals surface area contributed by atoms with Crippen molar-refractivity contribution in [3.8, 4) is 29.2 Å². The van der Waals surface area contributed by atoms with Crippen molar-refractivity contribution < 1.29 is 4.74 Å². The quantitative estimate of drug-likeness (QED) is 0.267. The fourth-order valence-electron chi connectivity index (χ4n) is 4.94. The van der Waals surface area contributed by atoms with Gasteiger partial charge in [0.2, 0.25) is 5.56 Å². The molecule has 3 heterocycles. The number of hydrogen-bond donors (Lipinski definition) is 1. The monoisotopic (exact) mass is 482 g/mol. The molecule has 1 aliphatic rings. The fraction of sp³-hybridized carbons (Fsp3) is 0.0909. The highest BCUT2D eigenvalue weighted by Crippen LogP contribution is 2.43. The van der Waals surface area contributed by atoms with E-state index in [1.807, 2.05) is 73.8 Å². The second kappa shape index (κ2) is 9.64. The van der Waals surface area contributed by atoms with E-state index in [9.17, 15) is 4.79 Å². The molecule has 0 saturated carbocycles. The molecule has 4 nitrogen and oxygen atoms in total. The highest BCUT2D eigenvalue weighted by molar-refractivity contribution is 5.95. The molecule has 37 heavy (non-hydrogen) atoms. The van der Waals surface area contributed by atoms with E-state index in [-0.39, 0.29) is 5.56 Å². The Morgan fingerprint density at radius 1 is 1.16 bits per heavy atom. The second-order valence-electron chi connectivity index (χ2n) is 9.09. The van der Waals surface area contributed by atoms with E-state index in [2.05, 4.69) is 35.1 Å². The lowest BCUT2D eigenvalue weighted by molar-refractivity contribution is 0.354. The summed E-state index contributed by atoms with van der Waals surface area (Å²) in [6.07, 6.45) is 15.1. The van der Waals surface area contributed by atoms with Crippen LogP contribution in [0.2, 0.25) is 0 Å². The number of nitrogens with zero attached hydrogens (tertiary/aromatic N) is 1. The summed E-state index contributed by atoms with van der Waals surface area (Å²) in [6, 6.07) is 19.3. The topological polar surface area (TPSA) is 55.0 Å². The second-order valence-corrected chi connectivity index (χ2v) is 9.09. The van der Waals surface area contributed by atoms with Crippen molar-refractivity contribution in [2.75, 3.05) is 6.61 Å². The number of benzene rings is 2. The number of aromatic nitrogens is 2. The van der Waals surface area contributed by atoms with Crippen LogP contribution in [0.15, 0.2) is 126 Å². The minimum atomic E-state index is -0.838. The lowest BCUT2D eigenvalue weighted by atomic mass is 9.68. The van der Waals surface area contributed by atoms with E-state index in [4.69, 9.17) is 11.2 Å². The Kier molecular flexibility index (Phi) is 6.21. The standard InChI is InChI=1S/C33H26N2O2/c1-5-9-25-16-24(22(3)4)21-37-28-12-7-10-23(17-28)29-19-32(36)35-31-14-13-26(18-30(29)31)33(25,6-2)27-11-8-15-34-20-27/h1,6-20H,2-3,21H2,4H3,(H,35,36)/b24-16-,25-9+. The summed E-state index contributed by atoms with van der Waals surface area (Å²) >= 11 is 0. The predicted molar refractivity (Wildman–Crippen MR) is 151 cm³/mol. The van der Waals surface area contributed by atoms with Gasteiger partial charge in [-0.25, -0.2) is 0 Å². The van der Waals surface area contributed by atoms with Gasteiger partial charge in [0.25, 0.3) is 0 Å².